The molecule has 3 unspecified atom stereocenters. The number of nitrogens with one attached hydrogen (secondary N) is 1. The van der Waals surface area contributed by atoms with Crippen LogP contribution in [0.3, 0.4) is 0 Å². The number of thioether (sulfide) groups is 1. The van der Waals surface area contributed by atoms with Gasteiger partial charge in [-0.3, -0.25) is 10.1 Å². The topological polar surface area (TPSA) is 32.3 Å². The van der Waals surface area contributed by atoms with Crippen LogP contribution in [0.15, 0.2) is 16.8 Å². The Labute approximate surface area is 134 Å². The Balaban J connectivity index is 1.65. The van der Waals surface area contributed by atoms with Gasteiger partial charge in [0.25, 0.3) is 0 Å². The van der Waals surface area contributed by atoms with Crippen LogP contribution in [0.25, 0.3) is 0 Å². The van der Waals surface area contributed by atoms with Crippen LogP contribution >= 0.6 is 23.1 Å². The van der Waals surface area contributed by atoms with Gasteiger partial charge in [-0.25, -0.2) is 0 Å². The van der Waals surface area contributed by atoms with E-state index in [1.807, 2.05) is 11.8 Å². The molecule has 3 nitrogen and oxygen atoms in total. The Morgan fingerprint density at radius 3 is 3.00 bits per heavy atom. The van der Waals surface area contributed by atoms with Gasteiger partial charge in [0.05, 0.1) is 0 Å². The van der Waals surface area contributed by atoms with Gasteiger partial charge >= 0.3 is 0 Å². The van der Waals surface area contributed by atoms with E-state index in [9.17, 15) is 4.79 Å². The fourth-order valence-electron chi connectivity index (χ4n) is 3.89. The van der Waals surface area contributed by atoms with E-state index in [4.69, 9.17) is 0 Å². The van der Waals surface area contributed by atoms with Crippen LogP contribution in [0.2, 0.25) is 0 Å². The number of carbonyl (C=O) groups is 1. The van der Waals surface area contributed by atoms with Gasteiger partial charge in [0, 0.05) is 11.3 Å². The molecule has 3 fully saturated rings. The summed E-state index contributed by atoms with van der Waals surface area (Å²) >= 11 is 3.76. The van der Waals surface area contributed by atoms with Gasteiger partial charge in [0.1, 0.15) is 11.7 Å². The van der Waals surface area contributed by atoms with Gasteiger partial charge in [-0.15, -0.1) is 0 Å². The van der Waals surface area contributed by atoms with Gasteiger partial charge < -0.3 is 4.90 Å². The van der Waals surface area contributed by atoms with Crippen molar-refractivity contribution in [1.29, 1.82) is 0 Å². The lowest BCUT2D eigenvalue weighted by Gasteiger charge is -2.33. The van der Waals surface area contributed by atoms with Crippen molar-refractivity contribution in [2.45, 2.75) is 62.0 Å². The molecule has 1 aromatic heterocycles. The van der Waals surface area contributed by atoms with E-state index in [1.54, 1.807) is 11.3 Å². The molecule has 2 saturated carbocycles. The summed E-state index contributed by atoms with van der Waals surface area (Å²) in [7, 11) is 0. The SMILES string of the molecule is CCSC1CCCC1N1C(=O)C2(CC2)NC1c1ccsc1. The summed E-state index contributed by atoms with van der Waals surface area (Å²) in [6.45, 7) is 2.23. The lowest BCUT2D eigenvalue weighted by Crippen LogP contribution is -2.43. The molecule has 21 heavy (non-hydrogen) atoms. The third-order valence-electron chi connectivity index (χ3n) is 5.10. The first-order chi connectivity index (χ1) is 10.2. The minimum Gasteiger partial charge on any atom is -0.317 e. The predicted molar refractivity (Wildman–Crippen MR) is 88.6 cm³/mol. The highest BCUT2D eigenvalue weighted by atomic mass is 32.2. The van der Waals surface area contributed by atoms with E-state index >= 15 is 0 Å². The summed E-state index contributed by atoms with van der Waals surface area (Å²) in [5.41, 5.74) is 1.06. The highest BCUT2D eigenvalue weighted by Crippen LogP contribution is 2.49. The zero-order chi connectivity index (χ0) is 14.4. The smallest absolute Gasteiger partial charge is 0.244 e. The zero-order valence-corrected chi connectivity index (χ0v) is 14.0. The van der Waals surface area contributed by atoms with Crippen molar-refractivity contribution in [3.8, 4) is 0 Å². The third-order valence-corrected chi connectivity index (χ3v) is 7.11. The van der Waals surface area contributed by atoms with Crippen LogP contribution < -0.4 is 5.32 Å². The number of thiophene rings is 1. The van der Waals surface area contributed by atoms with Gasteiger partial charge in [0.2, 0.25) is 5.91 Å². The average Bonchev–Trinajstić information content (AvgIpc) is 2.83. The van der Waals surface area contributed by atoms with E-state index in [0.717, 1.165) is 18.6 Å². The Morgan fingerprint density at radius 2 is 2.33 bits per heavy atom. The average molecular weight is 322 g/mol. The molecule has 4 rings (SSSR count). The summed E-state index contributed by atoms with van der Waals surface area (Å²) in [5, 5.41) is 8.58. The fourth-order valence-corrected chi connectivity index (χ4v) is 5.82. The van der Waals surface area contributed by atoms with Crippen molar-refractivity contribution in [3.05, 3.63) is 22.4 Å². The molecule has 2 aliphatic carbocycles. The number of hydrogen-bond donors (Lipinski definition) is 1. The molecule has 1 spiro atoms. The quantitative estimate of drug-likeness (QED) is 0.922. The Kier molecular flexibility index (Phi) is 3.55. The zero-order valence-electron chi connectivity index (χ0n) is 12.4. The molecule has 1 saturated heterocycles. The summed E-state index contributed by atoms with van der Waals surface area (Å²) in [5.74, 6) is 1.51. The first-order valence-corrected chi connectivity index (χ1v) is 9.98. The summed E-state index contributed by atoms with van der Waals surface area (Å²) in [6.07, 6.45) is 5.82. The highest BCUT2D eigenvalue weighted by Gasteiger charge is 2.61. The molecule has 1 aliphatic heterocycles. The van der Waals surface area contributed by atoms with Crippen LogP contribution in [0.5, 0.6) is 0 Å². The van der Waals surface area contributed by atoms with E-state index < -0.39 is 0 Å². The van der Waals surface area contributed by atoms with Crippen molar-refractivity contribution in [2.24, 2.45) is 0 Å². The van der Waals surface area contributed by atoms with Crippen LogP contribution in [0.4, 0.5) is 0 Å². The number of rotatable bonds is 4. The van der Waals surface area contributed by atoms with Crippen molar-refractivity contribution < 1.29 is 4.79 Å². The highest BCUT2D eigenvalue weighted by molar-refractivity contribution is 7.99. The molecule has 1 N–H and O–H groups in total. The van der Waals surface area contributed by atoms with Crippen molar-refractivity contribution in [3.63, 3.8) is 0 Å². The normalized spacial score (nSPS) is 34.0. The second-order valence-corrected chi connectivity index (χ2v) is 8.69. The first kappa shape index (κ1) is 14.1. The van der Waals surface area contributed by atoms with Crippen LogP contribution in [-0.2, 0) is 4.79 Å². The molecule has 2 heterocycles. The van der Waals surface area contributed by atoms with E-state index in [2.05, 4.69) is 34.0 Å². The van der Waals surface area contributed by atoms with Crippen molar-refractivity contribution in [1.82, 2.24) is 10.2 Å². The maximum absolute atomic E-state index is 13.0. The van der Waals surface area contributed by atoms with E-state index in [1.165, 1.54) is 24.8 Å². The molecule has 3 aliphatic rings. The second kappa shape index (κ2) is 5.28. The molecule has 1 amide bonds. The predicted octanol–water partition coefficient (Wildman–Crippen LogP) is 3.39. The van der Waals surface area contributed by atoms with Gasteiger partial charge in [-0.05, 0) is 53.8 Å². The summed E-state index contributed by atoms with van der Waals surface area (Å²) in [4.78, 5) is 15.2. The number of nitrogens with zero attached hydrogens (tertiary/aromatic N) is 1. The Hall–Kier alpha value is -0.520. The molecule has 0 bridgehead atoms. The lowest BCUT2D eigenvalue weighted by molar-refractivity contribution is -0.132. The van der Waals surface area contributed by atoms with E-state index in [-0.39, 0.29) is 11.7 Å². The molecule has 1 aromatic rings. The first-order valence-electron chi connectivity index (χ1n) is 7.99. The fraction of sp³-hybridized carbons (Fsp3) is 0.688. The molecule has 0 aromatic carbocycles. The molecular formula is C16H22N2OS2. The van der Waals surface area contributed by atoms with Crippen LogP contribution in [0, 0.1) is 0 Å². The lowest BCUT2D eigenvalue weighted by atomic mass is 10.1. The maximum Gasteiger partial charge on any atom is 0.244 e. The van der Waals surface area contributed by atoms with Gasteiger partial charge in [-0.2, -0.15) is 23.1 Å². The van der Waals surface area contributed by atoms with Crippen molar-refractivity contribution >= 4 is 29.0 Å². The molecule has 114 valence electrons. The largest absolute Gasteiger partial charge is 0.317 e. The Morgan fingerprint density at radius 1 is 1.48 bits per heavy atom. The number of hydrogen-bond acceptors (Lipinski definition) is 4. The van der Waals surface area contributed by atoms with Crippen molar-refractivity contribution in [2.75, 3.05) is 5.75 Å². The van der Waals surface area contributed by atoms with Gasteiger partial charge in [-0.1, -0.05) is 13.3 Å². The molecule has 5 heteroatoms. The van der Waals surface area contributed by atoms with Gasteiger partial charge in [0.15, 0.2) is 0 Å². The standard InChI is InChI=1S/C16H22N2OS2/c1-2-21-13-5-3-4-12(13)18-14(11-6-9-20-10-11)17-16(7-8-16)15(18)19/h6,9-10,12-14,17H,2-5,7-8H2,1H3. The van der Waals surface area contributed by atoms with E-state index in [0.29, 0.717) is 17.2 Å². The third kappa shape index (κ3) is 2.25. The number of carbonyl (C=O) groups excluding carboxylic acids is 1. The number of amides is 1. The molecule has 0 radical (unpaired) electrons. The second-order valence-electron chi connectivity index (χ2n) is 6.39. The maximum atomic E-state index is 13.0. The minimum absolute atomic E-state index is 0.106. The minimum atomic E-state index is -0.212. The van der Waals surface area contributed by atoms with Crippen LogP contribution in [-0.4, -0.2) is 33.4 Å². The summed E-state index contributed by atoms with van der Waals surface area (Å²) in [6, 6.07) is 2.58. The monoisotopic (exact) mass is 322 g/mol. The molecule has 3 atom stereocenters. The summed E-state index contributed by atoms with van der Waals surface area (Å²) < 4.78 is 0. The Bertz CT molecular complexity index is 526. The molecular weight excluding hydrogens is 300 g/mol. The van der Waals surface area contributed by atoms with Crippen LogP contribution in [0.1, 0.15) is 50.8 Å².